The van der Waals surface area contributed by atoms with Crippen molar-refractivity contribution in [2.75, 3.05) is 12.0 Å². The summed E-state index contributed by atoms with van der Waals surface area (Å²) in [6.45, 7) is 2.08. The summed E-state index contributed by atoms with van der Waals surface area (Å²) < 4.78 is 6.43. The lowest BCUT2D eigenvalue weighted by Crippen LogP contribution is -2.27. The number of nitrogens with zero attached hydrogens (tertiary/aromatic N) is 2. The van der Waals surface area contributed by atoms with Gasteiger partial charge >= 0.3 is 0 Å². The third kappa shape index (κ3) is 4.15. The number of hydrogen-bond acceptors (Lipinski definition) is 4. The van der Waals surface area contributed by atoms with Crippen molar-refractivity contribution >= 4 is 38.3 Å². The van der Waals surface area contributed by atoms with Crippen LogP contribution in [0.15, 0.2) is 78.9 Å². The molecule has 0 aliphatic carbocycles. The fraction of sp³-hybridized carbons (Fsp3) is 0.167. The maximum Gasteiger partial charge on any atom is 0.233 e. The first kappa shape index (κ1) is 19.2. The lowest BCUT2D eigenvalue weighted by molar-refractivity contribution is -0.118. The number of anilines is 2. The maximum atomic E-state index is 13.5. The van der Waals surface area contributed by atoms with Gasteiger partial charge in [-0.05, 0) is 35.7 Å². The summed E-state index contributed by atoms with van der Waals surface area (Å²) in [4.78, 5) is 19.9. The second kappa shape index (κ2) is 8.45. The van der Waals surface area contributed by atoms with Gasteiger partial charge < -0.3 is 4.74 Å². The van der Waals surface area contributed by atoms with E-state index in [0.717, 1.165) is 21.5 Å². The van der Waals surface area contributed by atoms with Gasteiger partial charge in [0.1, 0.15) is 5.75 Å². The van der Waals surface area contributed by atoms with Gasteiger partial charge in [-0.1, -0.05) is 66.8 Å². The Bertz CT molecular complexity index is 1090. The van der Waals surface area contributed by atoms with Gasteiger partial charge in [0.15, 0.2) is 5.13 Å². The Balaban J connectivity index is 1.72. The molecule has 0 aliphatic rings. The molecule has 1 atom stereocenters. The Morgan fingerprint density at radius 3 is 2.55 bits per heavy atom. The standard InChI is InChI=1S/C24H22N2O2S/c1-17(18-9-4-3-5-10-18)15-23(27)26(19-11-8-12-20(16-19)28-2)24-25-21-13-6-7-14-22(21)29-24/h3-14,16-17H,15H2,1-2H3/t17-/m1/s1. The van der Waals surface area contributed by atoms with Crippen LogP contribution in [0.4, 0.5) is 10.8 Å². The molecule has 4 aromatic rings. The average molecular weight is 403 g/mol. The summed E-state index contributed by atoms with van der Waals surface area (Å²) in [5, 5.41) is 0.671. The van der Waals surface area contributed by atoms with Crippen LogP contribution in [-0.4, -0.2) is 18.0 Å². The summed E-state index contributed by atoms with van der Waals surface area (Å²) >= 11 is 1.52. The molecule has 1 heterocycles. The van der Waals surface area contributed by atoms with E-state index >= 15 is 0 Å². The van der Waals surface area contributed by atoms with Crippen LogP contribution in [0.1, 0.15) is 24.8 Å². The molecule has 1 amide bonds. The zero-order valence-electron chi connectivity index (χ0n) is 16.4. The van der Waals surface area contributed by atoms with E-state index in [1.165, 1.54) is 11.3 Å². The predicted molar refractivity (Wildman–Crippen MR) is 119 cm³/mol. The molecule has 1 aromatic heterocycles. The fourth-order valence-corrected chi connectivity index (χ4v) is 4.32. The van der Waals surface area contributed by atoms with Crippen LogP contribution in [-0.2, 0) is 4.79 Å². The number of aromatic nitrogens is 1. The summed E-state index contributed by atoms with van der Waals surface area (Å²) in [5.41, 5.74) is 2.80. The van der Waals surface area contributed by atoms with Crippen LogP contribution in [0.5, 0.6) is 5.75 Å². The Kier molecular flexibility index (Phi) is 5.58. The van der Waals surface area contributed by atoms with Crippen molar-refractivity contribution in [3.63, 3.8) is 0 Å². The van der Waals surface area contributed by atoms with E-state index in [-0.39, 0.29) is 11.8 Å². The van der Waals surface area contributed by atoms with Crippen molar-refractivity contribution in [3.05, 3.63) is 84.4 Å². The zero-order chi connectivity index (χ0) is 20.2. The van der Waals surface area contributed by atoms with E-state index < -0.39 is 0 Å². The monoisotopic (exact) mass is 402 g/mol. The predicted octanol–water partition coefficient (Wildman–Crippen LogP) is 6.16. The van der Waals surface area contributed by atoms with Crippen LogP contribution in [0.25, 0.3) is 10.2 Å². The number of para-hydroxylation sites is 1. The molecule has 5 heteroatoms. The third-order valence-electron chi connectivity index (χ3n) is 4.88. The first-order valence-electron chi connectivity index (χ1n) is 9.53. The second-order valence-electron chi connectivity index (χ2n) is 6.91. The molecule has 4 nitrogen and oxygen atoms in total. The fourth-order valence-electron chi connectivity index (χ4n) is 3.32. The van der Waals surface area contributed by atoms with Gasteiger partial charge in [0.05, 0.1) is 23.0 Å². The SMILES string of the molecule is COc1cccc(N(C(=O)C[C@@H](C)c2ccccc2)c2nc3ccccc3s2)c1. The van der Waals surface area contributed by atoms with Crippen molar-refractivity contribution < 1.29 is 9.53 Å². The summed E-state index contributed by atoms with van der Waals surface area (Å²) in [5.74, 6) is 0.817. The minimum Gasteiger partial charge on any atom is -0.497 e. The molecular formula is C24H22N2O2S. The summed E-state index contributed by atoms with van der Waals surface area (Å²) in [7, 11) is 1.63. The number of fused-ring (bicyclic) bond motifs is 1. The average Bonchev–Trinajstić information content (AvgIpc) is 3.18. The largest absolute Gasteiger partial charge is 0.497 e. The van der Waals surface area contributed by atoms with Crippen molar-refractivity contribution in [3.8, 4) is 5.75 Å². The number of thiazole rings is 1. The summed E-state index contributed by atoms with van der Waals surface area (Å²) in [6, 6.07) is 25.6. The minimum absolute atomic E-state index is 0.00802. The third-order valence-corrected chi connectivity index (χ3v) is 5.91. The van der Waals surface area contributed by atoms with Gasteiger partial charge in [-0.25, -0.2) is 4.98 Å². The summed E-state index contributed by atoms with van der Waals surface area (Å²) in [6.07, 6.45) is 0.386. The number of hydrogen-bond donors (Lipinski definition) is 0. The number of carbonyl (C=O) groups is 1. The molecule has 0 spiro atoms. The lowest BCUT2D eigenvalue weighted by Gasteiger charge is -2.22. The highest BCUT2D eigenvalue weighted by Crippen LogP contribution is 2.36. The van der Waals surface area contributed by atoms with E-state index in [4.69, 9.17) is 9.72 Å². The number of ether oxygens (including phenoxy) is 1. The smallest absolute Gasteiger partial charge is 0.233 e. The number of benzene rings is 3. The quantitative estimate of drug-likeness (QED) is 0.388. The number of rotatable bonds is 6. The van der Waals surface area contributed by atoms with Crippen molar-refractivity contribution in [1.82, 2.24) is 4.98 Å². The molecule has 0 saturated carbocycles. The Hall–Kier alpha value is -3.18. The van der Waals surface area contributed by atoms with Crippen molar-refractivity contribution in [2.24, 2.45) is 0 Å². The minimum atomic E-state index is 0.00802. The normalized spacial score (nSPS) is 11.9. The molecule has 0 aliphatic heterocycles. The molecule has 146 valence electrons. The van der Waals surface area contributed by atoms with Crippen molar-refractivity contribution in [1.29, 1.82) is 0 Å². The molecule has 4 rings (SSSR count). The zero-order valence-corrected chi connectivity index (χ0v) is 17.2. The maximum absolute atomic E-state index is 13.5. The molecule has 0 saturated heterocycles. The highest BCUT2D eigenvalue weighted by molar-refractivity contribution is 7.22. The molecule has 0 fully saturated rings. The van der Waals surface area contributed by atoms with E-state index in [9.17, 15) is 4.79 Å². The van der Waals surface area contributed by atoms with Gasteiger partial charge in [0, 0.05) is 12.5 Å². The molecule has 0 bridgehead atoms. The van der Waals surface area contributed by atoms with Gasteiger partial charge in [0.2, 0.25) is 5.91 Å². The highest BCUT2D eigenvalue weighted by atomic mass is 32.1. The lowest BCUT2D eigenvalue weighted by atomic mass is 9.97. The Morgan fingerprint density at radius 2 is 1.79 bits per heavy atom. The van der Waals surface area contributed by atoms with Gasteiger partial charge in [-0.15, -0.1) is 0 Å². The van der Waals surface area contributed by atoms with Gasteiger partial charge in [-0.3, -0.25) is 9.69 Å². The molecule has 0 N–H and O–H groups in total. The number of methoxy groups -OCH3 is 1. The van der Waals surface area contributed by atoms with Gasteiger partial charge in [-0.2, -0.15) is 0 Å². The molecule has 3 aromatic carbocycles. The Morgan fingerprint density at radius 1 is 1.03 bits per heavy atom. The molecule has 0 radical (unpaired) electrons. The van der Waals surface area contributed by atoms with E-state index in [1.54, 1.807) is 12.0 Å². The van der Waals surface area contributed by atoms with Crippen LogP contribution in [0.2, 0.25) is 0 Å². The van der Waals surface area contributed by atoms with E-state index in [2.05, 4.69) is 19.1 Å². The topological polar surface area (TPSA) is 42.4 Å². The molecule has 29 heavy (non-hydrogen) atoms. The molecule has 0 unspecified atom stereocenters. The van der Waals surface area contributed by atoms with Crippen LogP contribution in [0.3, 0.4) is 0 Å². The van der Waals surface area contributed by atoms with Crippen LogP contribution < -0.4 is 9.64 Å². The number of carbonyl (C=O) groups excluding carboxylic acids is 1. The van der Waals surface area contributed by atoms with E-state index in [1.807, 2.05) is 66.7 Å². The van der Waals surface area contributed by atoms with Crippen LogP contribution >= 0.6 is 11.3 Å². The first-order chi connectivity index (χ1) is 14.2. The second-order valence-corrected chi connectivity index (χ2v) is 7.92. The van der Waals surface area contributed by atoms with Crippen LogP contribution in [0, 0.1) is 0 Å². The number of amides is 1. The first-order valence-corrected chi connectivity index (χ1v) is 10.3. The van der Waals surface area contributed by atoms with E-state index in [0.29, 0.717) is 17.3 Å². The van der Waals surface area contributed by atoms with Crippen molar-refractivity contribution in [2.45, 2.75) is 19.3 Å². The highest BCUT2D eigenvalue weighted by Gasteiger charge is 2.24. The van der Waals surface area contributed by atoms with Gasteiger partial charge in [0.25, 0.3) is 0 Å². The molecular weight excluding hydrogens is 380 g/mol. The Labute approximate surface area is 174 Å².